The largest absolute Gasteiger partial charge is 0.430 e. The third-order valence-electron chi connectivity index (χ3n) is 3.03. The van der Waals surface area contributed by atoms with Gasteiger partial charge in [-0.3, -0.25) is 0 Å². The van der Waals surface area contributed by atoms with E-state index in [1.165, 1.54) is 12.1 Å². The van der Waals surface area contributed by atoms with Crippen LogP contribution in [0.15, 0.2) is 24.3 Å². The molecule has 1 aromatic rings. The molecular weight excluding hydrogens is 274 g/mol. The molecule has 2 rings (SSSR count). The average Bonchev–Trinajstić information content (AvgIpc) is 2.72. The summed E-state index contributed by atoms with van der Waals surface area (Å²) in [5, 5.41) is 9.34. The zero-order valence-corrected chi connectivity index (χ0v) is 9.31. The van der Waals surface area contributed by atoms with Gasteiger partial charge in [-0.05, 0) is 17.5 Å². The van der Waals surface area contributed by atoms with Gasteiger partial charge >= 0.3 is 12.4 Å². The fourth-order valence-corrected chi connectivity index (χ4v) is 2.07. The number of halogens is 6. The van der Waals surface area contributed by atoms with E-state index in [0.717, 1.165) is 12.1 Å². The Morgan fingerprint density at radius 1 is 0.947 bits per heavy atom. The smallest absolute Gasteiger partial charge is 0.369 e. The van der Waals surface area contributed by atoms with E-state index in [1.807, 2.05) is 0 Å². The zero-order valence-electron chi connectivity index (χ0n) is 9.31. The van der Waals surface area contributed by atoms with Gasteiger partial charge in [0.1, 0.15) is 0 Å². The lowest BCUT2D eigenvalue weighted by atomic mass is 9.87. The van der Waals surface area contributed by atoms with Crippen LogP contribution < -0.4 is 0 Å². The summed E-state index contributed by atoms with van der Waals surface area (Å²) in [5.41, 5.74) is -5.94. The first-order valence-electron chi connectivity index (χ1n) is 5.24. The number of alkyl halides is 6. The van der Waals surface area contributed by atoms with Crippen LogP contribution in [0.5, 0.6) is 0 Å². The molecule has 7 heteroatoms. The van der Waals surface area contributed by atoms with Gasteiger partial charge < -0.3 is 5.11 Å². The predicted octanol–water partition coefficient (Wildman–Crippen LogP) is 3.57. The molecule has 1 aliphatic rings. The Morgan fingerprint density at radius 3 is 2.05 bits per heavy atom. The van der Waals surface area contributed by atoms with Crippen LogP contribution in [0.3, 0.4) is 0 Å². The molecule has 19 heavy (non-hydrogen) atoms. The first-order valence-corrected chi connectivity index (χ1v) is 5.24. The minimum absolute atomic E-state index is 0.223. The number of fused-ring (bicyclic) bond motifs is 1. The lowest BCUT2D eigenvalue weighted by Crippen LogP contribution is -2.54. The van der Waals surface area contributed by atoms with E-state index in [1.54, 1.807) is 0 Å². The monoisotopic (exact) mass is 282 g/mol. The first-order chi connectivity index (χ1) is 8.59. The Morgan fingerprint density at radius 2 is 1.53 bits per heavy atom. The Hall–Kier alpha value is -1.50. The number of aliphatic hydroxyl groups is 1. The molecule has 104 valence electrons. The Bertz CT molecular complexity index is 512. The standard InChI is InChI=1S/C12H8F6O/c13-11(14,15)10(19,12(16,17)18)9-6-2-4-7-3-1-5-8(7)9/h1-2,4-6,19H,3H2. The maximum absolute atomic E-state index is 12.8. The third kappa shape index (κ3) is 1.92. The molecule has 1 aliphatic carbocycles. The summed E-state index contributed by atoms with van der Waals surface area (Å²) >= 11 is 0. The van der Waals surface area contributed by atoms with Gasteiger partial charge in [-0.25, -0.2) is 0 Å². The third-order valence-corrected chi connectivity index (χ3v) is 3.03. The van der Waals surface area contributed by atoms with Crippen LogP contribution in [0.25, 0.3) is 6.08 Å². The molecule has 0 atom stereocenters. The van der Waals surface area contributed by atoms with Crippen LogP contribution in [0.2, 0.25) is 0 Å². The lowest BCUT2D eigenvalue weighted by Gasteiger charge is -2.33. The molecule has 1 N–H and O–H groups in total. The van der Waals surface area contributed by atoms with E-state index in [9.17, 15) is 31.4 Å². The molecule has 0 heterocycles. The molecule has 0 spiro atoms. The second-order valence-corrected chi connectivity index (χ2v) is 4.19. The highest BCUT2D eigenvalue weighted by Crippen LogP contribution is 2.51. The number of rotatable bonds is 1. The molecule has 0 saturated carbocycles. The zero-order chi connectivity index (χ0) is 14.5. The van der Waals surface area contributed by atoms with Crippen molar-refractivity contribution in [3.05, 3.63) is 41.0 Å². The number of hydrogen-bond donors (Lipinski definition) is 1. The van der Waals surface area contributed by atoms with E-state index in [4.69, 9.17) is 0 Å². The summed E-state index contributed by atoms with van der Waals surface area (Å²) in [6, 6.07) is 3.14. The van der Waals surface area contributed by atoms with Crippen LogP contribution in [-0.2, 0) is 12.0 Å². The molecule has 0 unspecified atom stereocenters. The first kappa shape index (κ1) is 13.9. The van der Waals surface area contributed by atoms with E-state index in [0.29, 0.717) is 11.6 Å². The number of benzene rings is 1. The minimum atomic E-state index is -5.85. The van der Waals surface area contributed by atoms with Crippen molar-refractivity contribution in [2.45, 2.75) is 24.4 Å². The number of hydrogen-bond acceptors (Lipinski definition) is 1. The summed E-state index contributed by atoms with van der Waals surface area (Å²) in [6.07, 6.45) is -8.85. The van der Waals surface area contributed by atoms with Gasteiger partial charge in [-0.15, -0.1) is 0 Å². The SMILES string of the molecule is OC(c1cccc2c1C=CC2)(C(F)(F)F)C(F)(F)F. The van der Waals surface area contributed by atoms with Crippen molar-refractivity contribution in [2.24, 2.45) is 0 Å². The van der Waals surface area contributed by atoms with Crippen molar-refractivity contribution in [2.75, 3.05) is 0 Å². The van der Waals surface area contributed by atoms with Crippen LogP contribution in [0, 0.1) is 0 Å². The van der Waals surface area contributed by atoms with E-state index >= 15 is 0 Å². The molecule has 0 fully saturated rings. The number of allylic oxidation sites excluding steroid dienone is 1. The van der Waals surface area contributed by atoms with Gasteiger partial charge in [0.25, 0.3) is 5.60 Å². The minimum Gasteiger partial charge on any atom is -0.369 e. The molecule has 0 radical (unpaired) electrons. The highest BCUT2D eigenvalue weighted by atomic mass is 19.4. The van der Waals surface area contributed by atoms with Gasteiger partial charge in [-0.1, -0.05) is 30.4 Å². The highest BCUT2D eigenvalue weighted by molar-refractivity contribution is 5.65. The highest BCUT2D eigenvalue weighted by Gasteiger charge is 2.72. The molecule has 1 nitrogen and oxygen atoms in total. The van der Waals surface area contributed by atoms with Gasteiger partial charge in [0.05, 0.1) is 0 Å². The van der Waals surface area contributed by atoms with Gasteiger partial charge in [-0.2, -0.15) is 26.3 Å². The Labute approximate surface area is 104 Å². The van der Waals surface area contributed by atoms with Crippen molar-refractivity contribution in [1.82, 2.24) is 0 Å². The van der Waals surface area contributed by atoms with Crippen LogP contribution in [0.1, 0.15) is 16.7 Å². The van der Waals surface area contributed by atoms with E-state index in [2.05, 4.69) is 0 Å². The lowest BCUT2D eigenvalue weighted by molar-refractivity contribution is -0.376. The van der Waals surface area contributed by atoms with E-state index < -0.39 is 23.5 Å². The summed E-state index contributed by atoms with van der Waals surface area (Å²) in [6.45, 7) is 0. The average molecular weight is 282 g/mol. The Balaban J connectivity index is 2.72. The van der Waals surface area contributed by atoms with Crippen molar-refractivity contribution < 1.29 is 31.4 Å². The summed E-state index contributed by atoms with van der Waals surface area (Å²) in [7, 11) is 0. The molecule has 0 bridgehead atoms. The predicted molar refractivity (Wildman–Crippen MR) is 55.2 cm³/mol. The van der Waals surface area contributed by atoms with Gasteiger partial charge in [0.15, 0.2) is 0 Å². The van der Waals surface area contributed by atoms with E-state index in [-0.39, 0.29) is 12.0 Å². The molecule has 0 aromatic heterocycles. The van der Waals surface area contributed by atoms with Gasteiger partial charge in [0, 0.05) is 5.56 Å². The molecule has 0 amide bonds. The van der Waals surface area contributed by atoms with Crippen LogP contribution in [-0.4, -0.2) is 17.5 Å². The van der Waals surface area contributed by atoms with Crippen molar-refractivity contribution >= 4 is 6.08 Å². The van der Waals surface area contributed by atoms with Crippen LogP contribution in [0.4, 0.5) is 26.3 Å². The molecular formula is C12H8F6O. The fraction of sp³-hybridized carbons (Fsp3) is 0.333. The Kier molecular flexibility index (Phi) is 2.93. The normalized spacial score (nSPS) is 15.7. The van der Waals surface area contributed by atoms with Crippen LogP contribution >= 0.6 is 0 Å². The van der Waals surface area contributed by atoms with Gasteiger partial charge in [0.2, 0.25) is 0 Å². The fourth-order valence-electron chi connectivity index (χ4n) is 2.07. The second-order valence-electron chi connectivity index (χ2n) is 4.19. The van der Waals surface area contributed by atoms with Crippen molar-refractivity contribution in [1.29, 1.82) is 0 Å². The molecule has 1 aromatic carbocycles. The second kappa shape index (κ2) is 4.00. The molecule has 0 saturated heterocycles. The summed E-state index contributed by atoms with van der Waals surface area (Å²) in [4.78, 5) is 0. The quantitative estimate of drug-likeness (QED) is 0.781. The molecule has 0 aliphatic heterocycles. The summed E-state index contributed by atoms with van der Waals surface area (Å²) < 4.78 is 76.6. The summed E-state index contributed by atoms with van der Waals surface area (Å²) in [5.74, 6) is 0. The van der Waals surface area contributed by atoms with Crippen molar-refractivity contribution in [3.63, 3.8) is 0 Å². The maximum atomic E-state index is 12.8. The maximum Gasteiger partial charge on any atom is 0.430 e. The topological polar surface area (TPSA) is 20.2 Å². The van der Waals surface area contributed by atoms with Crippen molar-refractivity contribution in [3.8, 4) is 0 Å².